The molecule has 0 spiro atoms. The van der Waals surface area contributed by atoms with Gasteiger partial charge in [0, 0.05) is 6.04 Å². The van der Waals surface area contributed by atoms with Crippen molar-refractivity contribution < 1.29 is 0 Å². The Morgan fingerprint density at radius 2 is 2.11 bits per heavy atom. The van der Waals surface area contributed by atoms with E-state index < -0.39 is 0 Å². The van der Waals surface area contributed by atoms with Gasteiger partial charge in [0.1, 0.15) is 0 Å². The fraction of sp³-hybridized carbons (Fsp3) is 0.529. The van der Waals surface area contributed by atoms with Gasteiger partial charge < -0.3 is 5.32 Å². The molecule has 0 fully saturated rings. The first-order valence-corrected chi connectivity index (χ1v) is 7.20. The van der Waals surface area contributed by atoms with Gasteiger partial charge in [-0.15, -0.1) is 6.58 Å². The molecule has 1 atom stereocenters. The van der Waals surface area contributed by atoms with Crippen LogP contribution in [-0.4, -0.2) is 6.54 Å². The lowest BCUT2D eigenvalue weighted by molar-refractivity contribution is 0.527. The molecule has 0 saturated heterocycles. The van der Waals surface area contributed by atoms with Crippen molar-refractivity contribution in [1.82, 2.24) is 5.32 Å². The van der Waals surface area contributed by atoms with Crippen LogP contribution in [0.5, 0.6) is 0 Å². The number of fused-ring (bicyclic) bond motifs is 1. The smallest absolute Gasteiger partial charge is 0.0357 e. The summed E-state index contributed by atoms with van der Waals surface area (Å²) < 4.78 is 0. The number of hydrogen-bond donors (Lipinski definition) is 1. The summed E-state index contributed by atoms with van der Waals surface area (Å²) in [6.07, 6.45) is 6.07. The number of nitrogens with one attached hydrogen (secondary N) is 1. The Balaban J connectivity index is 2.15. The highest BCUT2D eigenvalue weighted by molar-refractivity contribution is 5.36. The highest BCUT2D eigenvalue weighted by atomic mass is 14.9. The van der Waals surface area contributed by atoms with Gasteiger partial charge in [-0.1, -0.05) is 30.7 Å². The minimum Gasteiger partial charge on any atom is -0.310 e. The lowest BCUT2D eigenvalue weighted by Gasteiger charge is -2.20. The maximum atomic E-state index is 4.06. The van der Waals surface area contributed by atoms with Crippen LogP contribution in [0.4, 0.5) is 0 Å². The Morgan fingerprint density at radius 3 is 2.83 bits per heavy atom. The van der Waals surface area contributed by atoms with E-state index in [1.807, 2.05) is 0 Å². The number of hydrogen-bond acceptors (Lipinski definition) is 1. The van der Waals surface area contributed by atoms with E-state index in [0.29, 0.717) is 6.04 Å². The fourth-order valence-electron chi connectivity index (χ4n) is 2.78. The number of rotatable bonds is 6. The average Bonchev–Trinajstić information content (AvgIpc) is 2.81. The highest BCUT2D eigenvalue weighted by Crippen LogP contribution is 2.27. The predicted molar refractivity (Wildman–Crippen MR) is 78.9 cm³/mol. The molecule has 1 aromatic rings. The second-order valence-corrected chi connectivity index (χ2v) is 5.55. The number of aryl methyl sites for hydroxylation is 2. The average molecular weight is 243 g/mol. The van der Waals surface area contributed by atoms with Gasteiger partial charge in [0.05, 0.1) is 0 Å². The summed E-state index contributed by atoms with van der Waals surface area (Å²) in [4.78, 5) is 0. The third-order valence-corrected chi connectivity index (χ3v) is 3.72. The van der Waals surface area contributed by atoms with Crippen LogP contribution < -0.4 is 5.32 Å². The molecule has 1 heteroatoms. The monoisotopic (exact) mass is 243 g/mol. The zero-order chi connectivity index (χ0) is 13.0. The summed E-state index contributed by atoms with van der Waals surface area (Å²) in [6.45, 7) is 9.47. The molecule has 0 heterocycles. The molecule has 0 saturated carbocycles. The second kappa shape index (κ2) is 6.19. The van der Waals surface area contributed by atoms with Gasteiger partial charge in [-0.25, -0.2) is 0 Å². The minimum atomic E-state index is 0.438. The lowest BCUT2D eigenvalue weighted by Crippen LogP contribution is -2.22. The molecule has 0 aliphatic heterocycles. The van der Waals surface area contributed by atoms with Crippen LogP contribution >= 0.6 is 0 Å². The van der Waals surface area contributed by atoms with E-state index in [0.717, 1.165) is 13.0 Å². The zero-order valence-corrected chi connectivity index (χ0v) is 11.8. The van der Waals surface area contributed by atoms with E-state index >= 15 is 0 Å². The topological polar surface area (TPSA) is 12.0 Å². The van der Waals surface area contributed by atoms with Crippen molar-refractivity contribution in [2.45, 2.75) is 52.0 Å². The summed E-state index contributed by atoms with van der Waals surface area (Å²) in [5.74, 6) is 0. The van der Waals surface area contributed by atoms with Crippen molar-refractivity contribution in [1.29, 1.82) is 0 Å². The van der Waals surface area contributed by atoms with Crippen LogP contribution in [0.3, 0.4) is 0 Å². The van der Waals surface area contributed by atoms with Gasteiger partial charge in [0.15, 0.2) is 0 Å². The van der Waals surface area contributed by atoms with Crippen LogP contribution in [-0.2, 0) is 12.8 Å². The third-order valence-electron chi connectivity index (χ3n) is 3.72. The molecular formula is C17H25N. The van der Waals surface area contributed by atoms with Crippen molar-refractivity contribution in [3.8, 4) is 0 Å². The Kier molecular flexibility index (Phi) is 4.60. The quantitative estimate of drug-likeness (QED) is 0.739. The molecule has 0 aromatic heterocycles. The third kappa shape index (κ3) is 3.23. The molecule has 1 unspecified atom stereocenters. The van der Waals surface area contributed by atoms with Gasteiger partial charge in [0.25, 0.3) is 0 Å². The maximum absolute atomic E-state index is 4.06. The molecule has 18 heavy (non-hydrogen) atoms. The van der Waals surface area contributed by atoms with E-state index in [-0.39, 0.29) is 0 Å². The van der Waals surface area contributed by atoms with Gasteiger partial charge in [-0.3, -0.25) is 0 Å². The molecule has 1 aliphatic rings. The van der Waals surface area contributed by atoms with Gasteiger partial charge >= 0.3 is 0 Å². The molecule has 0 bridgehead atoms. The SMILES string of the molecule is C=C(C)CC(NCCC)c1ccc2c(c1)CCC2. The molecular weight excluding hydrogens is 218 g/mol. The summed E-state index contributed by atoms with van der Waals surface area (Å²) in [5, 5.41) is 3.65. The standard InChI is InChI=1S/C17H25N/c1-4-10-18-17(11-13(2)3)16-9-8-14-6-5-7-15(14)12-16/h8-9,12,17-18H,2,4-7,10-11H2,1,3H3. The van der Waals surface area contributed by atoms with Crippen LogP contribution in [0.15, 0.2) is 30.4 Å². The van der Waals surface area contributed by atoms with Crippen LogP contribution in [0.2, 0.25) is 0 Å². The summed E-state index contributed by atoms with van der Waals surface area (Å²) in [5.41, 5.74) is 5.82. The lowest BCUT2D eigenvalue weighted by atomic mass is 9.96. The Bertz CT molecular complexity index is 420. The summed E-state index contributed by atoms with van der Waals surface area (Å²) in [6, 6.07) is 7.49. The molecule has 1 aromatic carbocycles. The van der Waals surface area contributed by atoms with E-state index in [4.69, 9.17) is 0 Å². The molecule has 1 nitrogen and oxygen atoms in total. The van der Waals surface area contributed by atoms with Crippen molar-refractivity contribution >= 4 is 0 Å². The van der Waals surface area contributed by atoms with Crippen LogP contribution in [0.1, 0.15) is 55.8 Å². The maximum Gasteiger partial charge on any atom is 0.0357 e. The molecule has 2 rings (SSSR count). The Hall–Kier alpha value is -1.08. The second-order valence-electron chi connectivity index (χ2n) is 5.55. The van der Waals surface area contributed by atoms with Crippen molar-refractivity contribution in [2.24, 2.45) is 0 Å². The van der Waals surface area contributed by atoms with E-state index in [1.54, 1.807) is 11.1 Å². The van der Waals surface area contributed by atoms with Crippen molar-refractivity contribution in [3.05, 3.63) is 47.0 Å². The first-order chi connectivity index (χ1) is 8.70. The van der Waals surface area contributed by atoms with Gasteiger partial charge in [-0.2, -0.15) is 0 Å². The first kappa shape index (κ1) is 13.4. The molecule has 1 aliphatic carbocycles. The van der Waals surface area contributed by atoms with Gasteiger partial charge in [-0.05, 0) is 62.3 Å². The minimum absolute atomic E-state index is 0.438. The normalized spacial score (nSPS) is 15.4. The molecule has 98 valence electrons. The first-order valence-electron chi connectivity index (χ1n) is 7.20. The van der Waals surface area contributed by atoms with E-state index in [9.17, 15) is 0 Å². The zero-order valence-electron chi connectivity index (χ0n) is 11.8. The summed E-state index contributed by atoms with van der Waals surface area (Å²) in [7, 11) is 0. The van der Waals surface area contributed by atoms with E-state index in [1.165, 1.54) is 36.8 Å². The van der Waals surface area contributed by atoms with Crippen LogP contribution in [0, 0.1) is 0 Å². The summed E-state index contributed by atoms with van der Waals surface area (Å²) >= 11 is 0. The van der Waals surface area contributed by atoms with Crippen LogP contribution in [0.25, 0.3) is 0 Å². The largest absolute Gasteiger partial charge is 0.310 e. The van der Waals surface area contributed by atoms with Crippen molar-refractivity contribution in [3.63, 3.8) is 0 Å². The Labute approximate surface area is 111 Å². The molecule has 0 amide bonds. The van der Waals surface area contributed by atoms with Crippen molar-refractivity contribution in [2.75, 3.05) is 6.54 Å². The van der Waals surface area contributed by atoms with E-state index in [2.05, 4.69) is 43.9 Å². The molecule has 0 radical (unpaired) electrons. The number of benzene rings is 1. The van der Waals surface area contributed by atoms with Gasteiger partial charge in [0.2, 0.25) is 0 Å². The predicted octanol–water partition coefficient (Wildman–Crippen LogP) is 4.18. The molecule has 1 N–H and O–H groups in total. The fourth-order valence-corrected chi connectivity index (χ4v) is 2.78. The highest BCUT2D eigenvalue weighted by Gasteiger charge is 2.15. The Morgan fingerprint density at radius 1 is 1.33 bits per heavy atom.